The van der Waals surface area contributed by atoms with E-state index in [0.717, 1.165) is 51.5 Å². The Morgan fingerprint density at radius 3 is 1.73 bits per heavy atom. The largest absolute Gasteiger partial charge is 0.466 e. The van der Waals surface area contributed by atoms with Crippen molar-refractivity contribution in [2.75, 3.05) is 19.7 Å². The average molecular weight is 705 g/mol. The van der Waals surface area contributed by atoms with Gasteiger partial charge in [0.2, 0.25) is 5.91 Å². The third-order valence-electron chi connectivity index (χ3n) is 9.64. The number of hydrogen-bond acceptors (Lipinski definition) is 6. The van der Waals surface area contributed by atoms with Crippen LogP contribution in [0.3, 0.4) is 0 Å². The lowest BCUT2D eigenvalue weighted by Crippen LogP contribution is -2.29. The quantitative estimate of drug-likeness (QED) is 0.0750. The Hall–Kier alpha value is -3.81. The monoisotopic (exact) mass is 704 g/mol. The average Bonchev–Trinajstić information content (AvgIpc) is 3.15. The molecule has 282 valence electrons. The Balaban J connectivity index is 0.000000355. The normalized spacial score (nSPS) is 12.9. The van der Waals surface area contributed by atoms with E-state index in [-0.39, 0.29) is 29.4 Å². The number of esters is 1. The Morgan fingerprint density at radius 2 is 1.12 bits per heavy atom. The molecular weight excluding hydrogens is 640 g/mol. The van der Waals surface area contributed by atoms with Crippen molar-refractivity contribution in [3.63, 3.8) is 0 Å². The van der Waals surface area contributed by atoms with Gasteiger partial charge in [-0.25, -0.2) is 0 Å². The van der Waals surface area contributed by atoms with Gasteiger partial charge in [-0.3, -0.25) is 24.0 Å². The third kappa shape index (κ3) is 16.4. The number of carbonyl (C=O) groups is 5. The van der Waals surface area contributed by atoms with E-state index in [9.17, 15) is 24.0 Å². The van der Waals surface area contributed by atoms with Gasteiger partial charge in [-0.2, -0.15) is 0 Å². The topological polar surface area (TPSA) is 119 Å². The van der Waals surface area contributed by atoms with E-state index in [1.807, 2.05) is 0 Å². The molecule has 0 radical (unpaired) electrons. The van der Waals surface area contributed by atoms with E-state index in [4.69, 9.17) is 4.74 Å². The summed E-state index contributed by atoms with van der Waals surface area (Å²) in [5.74, 6) is 0.392. The molecule has 8 heteroatoms. The summed E-state index contributed by atoms with van der Waals surface area (Å²) in [5.41, 5.74) is 1.88. The number of fused-ring (bicyclic) bond motifs is 2. The number of ketones is 2. The van der Waals surface area contributed by atoms with Crippen LogP contribution in [0, 0.1) is 11.8 Å². The molecule has 2 aromatic carbocycles. The zero-order valence-electron chi connectivity index (χ0n) is 32.1. The van der Waals surface area contributed by atoms with Crippen molar-refractivity contribution in [3.8, 4) is 0 Å². The molecule has 1 aliphatic carbocycles. The van der Waals surface area contributed by atoms with Crippen LogP contribution >= 0.6 is 0 Å². The molecule has 2 unspecified atom stereocenters. The number of unbranched alkanes of at least 4 members (excludes halogenated alkanes) is 10. The van der Waals surface area contributed by atoms with Crippen molar-refractivity contribution in [1.29, 1.82) is 0 Å². The van der Waals surface area contributed by atoms with Crippen molar-refractivity contribution < 1.29 is 28.7 Å². The molecule has 0 aliphatic heterocycles. The second-order valence-electron chi connectivity index (χ2n) is 14.1. The van der Waals surface area contributed by atoms with Gasteiger partial charge in [0.15, 0.2) is 11.6 Å². The molecular formula is C43H64N2O6. The Bertz CT molecular complexity index is 1390. The van der Waals surface area contributed by atoms with Crippen LogP contribution in [0.1, 0.15) is 180 Å². The number of amides is 2. The lowest BCUT2D eigenvalue weighted by Gasteiger charge is -2.18. The Morgan fingerprint density at radius 1 is 0.608 bits per heavy atom. The van der Waals surface area contributed by atoms with Crippen molar-refractivity contribution in [1.82, 2.24) is 10.6 Å². The molecule has 0 heterocycles. The van der Waals surface area contributed by atoms with E-state index in [0.29, 0.717) is 65.6 Å². The van der Waals surface area contributed by atoms with Gasteiger partial charge in [-0.05, 0) is 55.7 Å². The van der Waals surface area contributed by atoms with Gasteiger partial charge in [-0.15, -0.1) is 0 Å². The highest BCUT2D eigenvalue weighted by Gasteiger charge is 2.30. The van der Waals surface area contributed by atoms with E-state index in [2.05, 4.69) is 45.3 Å². The van der Waals surface area contributed by atoms with Crippen molar-refractivity contribution >= 4 is 29.4 Å². The first-order chi connectivity index (χ1) is 24.6. The highest BCUT2D eigenvalue weighted by Crippen LogP contribution is 2.28. The number of benzene rings is 2. The number of carbonyl (C=O) groups excluding carboxylic acids is 5. The fourth-order valence-electron chi connectivity index (χ4n) is 5.68. The summed E-state index contributed by atoms with van der Waals surface area (Å²) in [6, 6.07) is 11.5. The zero-order valence-corrected chi connectivity index (χ0v) is 32.1. The summed E-state index contributed by atoms with van der Waals surface area (Å²) in [7, 11) is 0. The maximum atomic E-state index is 12.7. The first kappa shape index (κ1) is 43.4. The number of nitrogens with one attached hydrogen (secondary N) is 2. The van der Waals surface area contributed by atoms with Gasteiger partial charge in [0.05, 0.1) is 6.61 Å². The fourth-order valence-corrected chi connectivity index (χ4v) is 5.68. The van der Waals surface area contributed by atoms with E-state index < -0.39 is 0 Å². The van der Waals surface area contributed by atoms with Gasteiger partial charge in [-0.1, -0.05) is 123 Å². The fraction of sp³-hybridized carbons (Fsp3) is 0.605. The second-order valence-corrected chi connectivity index (χ2v) is 14.1. The molecule has 0 saturated carbocycles. The standard InChI is InChI=1S/C23H45NO3.C20H19NO3/c1-4-6-7-8-9-10-11-12-15-18-23(26)27-19-16-13-14-17-22(25)24-20-21(3)5-2;1-3-12(2)11-21-20(24)13-8-9-16-17(10-13)19(23)15-7-5-4-6-14(15)18(16)22/h21H,4-20H2,1-3H3,(H,24,25);4-10,12H,3,11H2,1-2H3,(H,21,24). The van der Waals surface area contributed by atoms with Crippen LogP contribution in [0.2, 0.25) is 0 Å². The minimum atomic E-state index is -0.225. The molecule has 2 N–H and O–H groups in total. The van der Waals surface area contributed by atoms with E-state index in [1.165, 1.54) is 51.0 Å². The first-order valence-electron chi connectivity index (χ1n) is 19.7. The third-order valence-corrected chi connectivity index (χ3v) is 9.64. The number of rotatable bonds is 23. The number of ether oxygens (including phenoxy) is 1. The Kier molecular flexibility index (Phi) is 21.4. The van der Waals surface area contributed by atoms with Crippen molar-refractivity contribution in [2.24, 2.45) is 11.8 Å². The lowest BCUT2D eigenvalue weighted by molar-refractivity contribution is -0.144. The molecule has 51 heavy (non-hydrogen) atoms. The van der Waals surface area contributed by atoms with Crippen LogP contribution in [-0.2, 0) is 14.3 Å². The maximum Gasteiger partial charge on any atom is 0.305 e. The van der Waals surface area contributed by atoms with Crippen molar-refractivity contribution in [3.05, 3.63) is 70.3 Å². The molecule has 0 aromatic heterocycles. The summed E-state index contributed by atoms with van der Waals surface area (Å²) < 4.78 is 5.28. The lowest BCUT2D eigenvalue weighted by atomic mass is 9.83. The summed E-state index contributed by atoms with van der Waals surface area (Å²) >= 11 is 0. The molecule has 0 spiro atoms. The highest BCUT2D eigenvalue weighted by atomic mass is 16.5. The highest BCUT2D eigenvalue weighted by molar-refractivity contribution is 6.28. The molecule has 2 atom stereocenters. The van der Waals surface area contributed by atoms with Crippen LogP contribution in [0.4, 0.5) is 0 Å². The molecule has 1 aliphatic rings. The molecule has 3 rings (SSSR count). The zero-order chi connectivity index (χ0) is 37.4. The van der Waals surface area contributed by atoms with Crippen molar-refractivity contribution in [2.45, 2.75) is 137 Å². The minimum Gasteiger partial charge on any atom is -0.466 e. The smallest absolute Gasteiger partial charge is 0.305 e. The predicted molar refractivity (Wildman–Crippen MR) is 205 cm³/mol. The van der Waals surface area contributed by atoms with Gasteiger partial charge >= 0.3 is 5.97 Å². The van der Waals surface area contributed by atoms with Gasteiger partial charge in [0.25, 0.3) is 5.91 Å². The molecule has 2 amide bonds. The Labute approximate surface area is 307 Å². The second kappa shape index (κ2) is 25.2. The van der Waals surface area contributed by atoms with Gasteiger partial charge in [0.1, 0.15) is 0 Å². The van der Waals surface area contributed by atoms with E-state index in [1.54, 1.807) is 36.4 Å². The SMILES string of the molecule is CCC(C)CNC(=O)c1ccc2c(c1)C(=O)c1ccccc1C2=O.CCCCCCCCCCCC(=O)OCCCCCC(=O)NCC(C)CC. The van der Waals surface area contributed by atoms with Gasteiger partial charge < -0.3 is 15.4 Å². The van der Waals surface area contributed by atoms with Crippen LogP contribution in [0.25, 0.3) is 0 Å². The summed E-state index contributed by atoms with van der Waals surface area (Å²) in [6.07, 6.45) is 17.2. The predicted octanol–water partition coefficient (Wildman–Crippen LogP) is 9.41. The minimum absolute atomic E-state index is 0.0655. The van der Waals surface area contributed by atoms with Crippen LogP contribution in [0.15, 0.2) is 42.5 Å². The molecule has 0 fully saturated rings. The maximum absolute atomic E-state index is 12.7. The van der Waals surface area contributed by atoms with Crippen LogP contribution in [0.5, 0.6) is 0 Å². The molecule has 0 bridgehead atoms. The summed E-state index contributed by atoms with van der Waals surface area (Å²) in [4.78, 5) is 60.8. The van der Waals surface area contributed by atoms with Gasteiger partial charge in [0, 0.05) is 53.7 Å². The first-order valence-corrected chi connectivity index (χ1v) is 19.7. The summed E-state index contributed by atoms with van der Waals surface area (Å²) in [6.45, 7) is 12.5. The molecule has 8 nitrogen and oxygen atoms in total. The number of hydrogen-bond donors (Lipinski definition) is 2. The summed E-state index contributed by atoms with van der Waals surface area (Å²) in [5, 5.41) is 5.83. The molecule has 0 saturated heterocycles. The van der Waals surface area contributed by atoms with Crippen LogP contribution < -0.4 is 10.6 Å². The van der Waals surface area contributed by atoms with E-state index >= 15 is 0 Å². The molecule has 2 aromatic rings. The van der Waals surface area contributed by atoms with Crippen LogP contribution in [-0.4, -0.2) is 49.0 Å².